The number of nitrogens with two attached hydrogens (primary N) is 1. The van der Waals surface area contributed by atoms with Crippen LogP contribution < -0.4 is 11.3 Å². The number of nitrogens with one attached hydrogen (secondary N) is 1. The van der Waals surface area contributed by atoms with Gasteiger partial charge in [-0.1, -0.05) is 6.92 Å². The molecule has 0 aliphatic carbocycles. The summed E-state index contributed by atoms with van der Waals surface area (Å²) in [7, 11) is 0. The van der Waals surface area contributed by atoms with E-state index in [-0.39, 0.29) is 6.61 Å². The van der Waals surface area contributed by atoms with E-state index in [1.54, 1.807) is 0 Å². The maximum atomic E-state index is 10.1. The summed E-state index contributed by atoms with van der Waals surface area (Å²) in [6.45, 7) is 2.51. The second-order valence-electron chi connectivity index (χ2n) is 1.66. The molecule has 0 fully saturated rings. The van der Waals surface area contributed by atoms with Crippen LogP contribution in [0.4, 0.5) is 0 Å². The maximum absolute atomic E-state index is 10.1. The van der Waals surface area contributed by atoms with Crippen LogP contribution in [0.5, 0.6) is 0 Å². The van der Waals surface area contributed by atoms with E-state index in [1.807, 2.05) is 6.92 Å². The average Bonchev–Trinajstić information content (AvgIpc) is 2.14. The Kier molecular flexibility index (Phi) is 15.8. The molecule has 0 atom stereocenters. The molecule has 4 N–H and O–H groups in total. The zero-order valence-corrected chi connectivity index (χ0v) is 8.01. The summed E-state index contributed by atoms with van der Waals surface area (Å²) in [6.07, 6.45) is 0. The first-order valence-corrected chi connectivity index (χ1v) is 4.16. The third-order valence-electron chi connectivity index (χ3n) is 0.688. The molecule has 74 valence electrons. The van der Waals surface area contributed by atoms with Crippen molar-refractivity contribution in [3.8, 4) is 0 Å². The highest BCUT2D eigenvalue weighted by Gasteiger charge is 1.94. The van der Waals surface area contributed by atoms with Crippen molar-refractivity contribution in [3.63, 3.8) is 0 Å². The molecule has 0 spiro atoms. The predicted octanol–water partition coefficient (Wildman–Crippen LogP) is -1.08. The zero-order chi connectivity index (χ0) is 9.82. The van der Waals surface area contributed by atoms with Gasteiger partial charge in [0.15, 0.2) is 0 Å². The molecule has 0 aromatic carbocycles. The largest absolute Gasteiger partial charge is 0.463 e. The van der Waals surface area contributed by atoms with Crippen LogP contribution in [-0.2, 0) is 9.53 Å². The fraction of sp³-hybridized carbons (Fsp3) is 0.833. The molecule has 0 aliphatic rings. The molecule has 0 rings (SSSR count). The van der Waals surface area contributed by atoms with Crippen molar-refractivity contribution in [2.24, 2.45) is 5.84 Å². The topological polar surface area (TPSA) is 84.6 Å². The summed E-state index contributed by atoms with van der Waals surface area (Å²) in [6, 6.07) is 0. The van der Waals surface area contributed by atoms with Crippen LogP contribution in [0.15, 0.2) is 0 Å². The highest BCUT2D eigenvalue weighted by atomic mass is 32.1. The van der Waals surface area contributed by atoms with Crippen LogP contribution in [0.25, 0.3) is 0 Å². The molecule has 6 heteroatoms. The Bertz CT molecular complexity index is 101. The number of hydrazine groups is 1. The lowest BCUT2D eigenvalue weighted by molar-refractivity contribution is -0.146. The molecule has 0 aliphatic heterocycles. The van der Waals surface area contributed by atoms with Crippen LogP contribution in [0.2, 0.25) is 0 Å². The number of aliphatic hydroxyl groups excluding tert-OH is 1. The van der Waals surface area contributed by atoms with Crippen LogP contribution in [0.3, 0.4) is 0 Å². The molecule has 0 radical (unpaired) electrons. The molecule has 0 bridgehead atoms. The number of thiol groups is 1. The third-order valence-corrected chi connectivity index (χ3v) is 0.870. The van der Waals surface area contributed by atoms with Crippen LogP contribution in [-0.4, -0.2) is 36.6 Å². The van der Waals surface area contributed by atoms with Gasteiger partial charge < -0.3 is 9.84 Å². The van der Waals surface area contributed by atoms with E-state index in [0.29, 0.717) is 5.75 Å². The van der Waals surface area contributed by atoms with Crippen molar-refractivity contribution in [1.82, 2.24) is 5.43 Å². The number of hydrogen-bond acceptors (Lipinski definition) is 6. The Balaban J connectivity index is 0. The average molecular weight is 196 g/mol. The molecule has 0 heterocycles. The summed E-state index contributed by atoms with van der Waals surface area (Å²) in [5.41, 5.74) is 2.43. The Labute approximate surface area is 77.7 Å². The first-order valence-electron chi connectivity index (χ1n) is 3.53. The van der Waals surface area contributed by atoms with E-state index in [2.05, 4.69) is 22.8 Å². The first-order chi connectivity index (χ1) is 5.72. The summed E-state index contributed by atoms with van der Waals surface area (Å²) in [5.74, 6) is 4.67. The Morgan fingerprint density at radius 2 is 2.25 bits per heavy atom. The number of hydrogen-bond donors (Lipinski definition) is 4. The van der Waals surface area contributed by atoms with E-state index in [0.717, 1.165) is 6.54 Å². The molecule has 12 heavy (non-hydrogen) atoms. The molecule has 0 saturated carbocycles. The quantitative estimate of drug-likeness (QED) is 0.199. The van der Waals surface area contributed by atoms with Gasteiger partial charge in [-0.25, -0.2) is 4.79 Å². The van der Waals surface area contributed by atoms with E-state index < -0.39 is 12.6 Å². The Morgan fingerprint density at radius 1 is 1.75 bits per heavy atom. The first kappa shape index (κ1) is 14.2. The summed E-state index contributed by atoms with van der Waals surface area (Å²) in [5, 5.41) is 8.06. The number of rotatable bonds is 4. The van der Waals surface area contributed by atoms with Gasteiger partial charge in [-0.05, 0) is 0 Å². The van der Waals surface area contributed by atoms with Crippen molar-refractivity contribution in [2.45, 2.75) is 6.92 Å². The lowest BCUT2D eigenvalue weighted by Crippen LogP contribution is -2.20. The van der Waals surface area contributed by atoms with E-state index in [1.165, 1.54) is 0 Å². The summed E-state index contributed by atoms with van der Waals surface area (Å²) < 4.78 is 4.38. The highest BCUT2D eigenvalue weighted by Crippen LogP contribution is 1.78. The van der Waals surface area contributed by atoms with Crippen molar-refractivity contribution in [3.05, 3.63) is 0 Å². The lowest BCUT2D eigenvalue weighted by Gasteiger charge is -1.96. The Hall–Kier alpha value is -0.300. The van der Waals surface area contributed by atoms with Gasteiger partial charge in [-0.3, -0.25) is 11.3 Å². The molecule has 0 saturated heterocycles. The smallest absolute Gasteiger partial charge is 0.331 e. The standard InChI is InChI=1S/C4H8O3S.C2H8N2/c5-3-4(6)7-1-2-8;1-2-4-3/h5,8H,1-3H2;4H,2-3H2,1H3. The SMILES string of the molecule is CCNN.O=C(CO)OCCS. The van der Waals surface area contributed by atoms with Gasteiger partial charge in [0.1, 0.15) is 13.2 Å². The van der Waals surface area contributed by atoms with Gasteiger partial charge >= 0.3 is 5.97 Å². The molecule has 0 unspecified atom stereocenters. The minimum atomic E-state index is -0.598. The second-order valence-corrected chi connectivity index (χ2v) is 2.11. The number of carbonyl (C=O) groups excluding carboxylic acids is 1. The van der Waals surface area contributed by atoms with E-state index >= 15 is 0 Å². The fourth-order valence-corrected chi connectivity index (χ4v) is 0.296. The molecular weight excluding hydrogens is 180 g/mol. The summed E-state index contributed by atoms with van der Waals surface area (Å²) >= 11 is 3.78. The highest BCUT2D eigenvalue weighted by molar-refractivity contribution is 7.80. The number of ether oxygens (including phenoxy) is 1. The number of carbonyl (C=O) groups is 1. The van der Waals surface area contributed by atoms with Gasteiger partial charge in [0.05, 0.1) is 0 Å². The monoisotopic (exact) mass is 196 g/mol. The molecule has 0 aromatic heterocycles. The van der Waals surface area contributed by atoms with Crippen LogP contribution in [0, 0.1) is 0 Å². The van der Waals surface area contributed by atoms with Crippen molar-refractivity contribution in [1.29, 1.82) is 0 Å². The van der Waals surface area contributed by atoms with Gasteiger partial charge in [0.2, 0.25) is 0 Å². The minimum Gasteiger partial charge on any atom is -0.463 e. The fourth-order valence-electron chi connectivity index (χ4n) is 0.205. The van der Waals surface area contributed by atoms with Crippen molar-refractivity contribution < 1.29 is 14.6 Å². The molecule has 0 amide bonds. The van der Waals surface area contributed by atoms with Crippen LogP contribution >= 0.6 is 12.6 Å². The summed E-state index contributed by atoms with van der Waals surface area (Å²) in [4.78, 5) is 10.1. The molecular formula is C6H16N2O3S. The lowest BCUT2D eigenvalue weighted by atomic mass is 10.7. The van der Waals surface area contributed by atoms with Gasteiger partial charge in [-0.2, -0.15) is 12.6 Å². The van der Waals surface area contributed by atoms with Gasteiger partial charge in [0, 0.05) is 12.3 Å². The minimum absolute atomic E-state index is 0.266. The van der Waals surface area contributed by atoms with Crippen molar-refractivity contribution >= 4 is 18.6 Å². The van der Waals surface area contributed by atoms with E-state index in [4.69, 9.17) is 10.9 Å². The normalized spacial score (nSPS) is 8.33. The Morgan fingerprint density at radius 3 is 2.50 bits per heavy atom. The van der Waals surface area contributed by atoms with Crippen LogP contribution in [0.1, 0.15) is 6.92 Å². The zero-order valence-electron chi connectivity index (χ0n) is 7.12. The van der Waals surface area contributed by atoms with Crippen molar-refractivity contribution in [2.75, 3.05) is 25.5 Å². The molecule has 5 nitrogen and oxygen atoms in total. The van der Waals surface area contributed by atoms with E-state index in [9.17, 15) is 4.79 Å². The number of aliphatic hydroxyl groups is 1. The maximum Gasteiger partial charge on any atom is 0.331 e. The number of esters is 1. The predicted molar refractivity (Wildman–Crippen MR) is 49.8 cm³/mol. The van der Waals surface area contributed by atoms with Gasteiger partial charge in [-0.15, -0.1) is 0 Å². The molecule has 0 aromatic rings. The third kappa shape index (κ3) is 16.4. The second kappa shape index (κ2) is 13.3. The van der Waals surface area contributed by atoms with Gasteiger partial charge in [0.25, 0.3) is 0 Å².